The van der Waals surface area contributed by atoms with Crippen molar-refractivity contribution in [1.82, 2.24) is 10.2 Å². The van der Waals surface area contributed by atoms with Gasteiger partial charge in [0.15, 0.2) is 0 Å². The number of rotatable bonds is 1. The standard InChI is InChI=1S/C12H22N2O/c1-12(2)9-14(8-7-13-12)11(15)10-5-3-4-6-10/h10,13H,3-9H2,1-2H3. The zero-order valence-corrected chi connectivity index (χ0v) is 9.88. The fourth-order valence-electron chi connectivity index (χ4n) is 2.76. The van der Waals surface area contributed by atoms with Gasteiger partial charge in [-0.25, -0.2) is 0 Å². The first kappa shape index (κ1) is 10.9. The van der Waals surface area contributed by atoms with Gasteiger partial charge in [0.1, 0.15) is 0 Å². The molecule has 1 amide bonds. The number of carbonyl (C=O) groups excluding carboxylic acids is 1. The van der Waals surface area contributed by atoms with Gasteiger partial charge in [-0.05, 0) is 26.7 Å². The summed E-state index contributed by atoms with van der Waals surface area (Å²) in [6.45, 7) is 7.02. The third-order valence-electron chi connectivity index (χ3n) is 3.59. The van der Waals surface area contributed by atoms with Crippen LogP contribution in [0.25, 0.3) is 0 Å². The Morgan fingerprint density at radius 2 is 2.00 bits per heavy atom. The minimum absolute atomic E-state index is 0.0898. The highest BCUT2D eigenvalue weighted by molar-refractivity contribution is 5.79. The summed E-state index contributed by atoms with van der Waals surface area (Å²) in [6.07, 6.45) is 4.71. The van der Waals surface area contributed by atoms with Gasteiger partial charge >= 0.3 is 0 Å². The molecule has 1 N–H and O–H groups in total. The number of nitrogens with zero attached hydrogens (tertiary/aromatic N) is 1. The van der Waals surface area contributed by atoms with Gasteiger partial charge in [-0.1, -0.05) is 12.8 Å². The van der Waals surface area contributed by atoms with Gasteiger partial charge in [0, 0.05) is 31.1 Å². The van der Waals surface area contributed by atoms with E-state index in [-0.39, 0.29) is 5.54 Å². The molecule has 2 fully saturated rings. The summed E-state index contributed by atoms with van der Waals surface area (Å²) in [5, 5.41) is 3.44. The molecule has 2 rings (SSSR count). The molecule has 1 aliphatic heterocycles. The highest BCUT2D eigenvalue weighted by Crippen LogP contribution is 2.27. The molecule has 0 unspecified atom stereocenters. The Kier molecular flexibility index (Phi) is 3.01. The van der Waals surface area contributed by atoms with Crippen LogP contribution in [-0.2, 0) is 4.79 Å². The summed E-state index contributed by atoms with van der Waals surface area (Å²) in [5.41, 5.74) is 0.0898. The van der Waals surface area contributed by atoms with Crippen molar-refractivity contribution < 1.29 is 4.79 Å². The van der Waals surface area contributed by atoms with E-state index in [0.29, 0.717) is 11.8 Å². The first-order valence-electron chi connectivity index (χ1n) is 6.12. The highest BCUT2D eigenvalue weighted by atomic mass is 16.2. The molecular weight excluding hydrogens is 188 g/mol. The van der Waals surface area contributed by atoms with Crippen LogP contribution in [0, 0.1) is 5.92 Å². The molecule has 1 saturated heterocycles. The number of piperazine rings is 1. The summed E-state index contributed by atoms with van der Waals surface area (Å²) in [5.74, 6) is 0.737. The third kappa shape index (κ3) is 2.51. The summed E-state index contributed by atoms with van der Waals surface area (Å²) in [7, 11) is 0. The Labute approximate surface area is 92.2 Å². The van der Waals surface area contributed by atoms with E-state index >= 15 is 0 Å². The second kappa shape index (κ2) is 4.12. The lowest BCUT2D eigenvalue weighted by molar-refractivity contribution is -0.137. The molecule has 0 atom stereocenters. The average molecular weight is 210 g/mol. The van der Waals surface area contributed by atoms with Crippen LogP contribution in [0.1, 0.15) is 39.5 Å². The largest absolute Gasteiger partial charge is 0.339 e. The number of carbonyl (C=O) groups is 1. The fraction of sp³-hybridized carbons (Fsp3) is 0.917. The number of hydrogen-bond donors (Lipinski definition) is 1. The smallest absolute Gasteiger partial charge is 0.225 e. The van der Waals surface area contributed by atoms with Gasteiger partial charge in [-0.15, -0.1) is 0 Å². The van der Waals surface area contributed by atoms with Crippen molar-refractivity contribution in [2.24, 2.45) is 5.92 Å². The van der Waals surface area contributed by atoms with Crippen LogP contribution in [0.4, 0.5) is 0 Å². The summed E-state index contributed by atoms with van der Waals surface area (Å²) < 4.78 is 0. The number of nitrogens with one attached hydrogen (secondary N) is 1. The molecule has 0 aromatic carbocycles. The summed E-state index contributed by atoms with van der Waals surface area (Å²) in [6, 6.07) is 0. The van der Waals surface area contributed by atoms with Crippen LogP contribution >= 0.6 is 0 Å². The predicted octanol–water partition coefficient (Wildman–Crippen LogP) is 1.39. The van der Waals surface area contributed by atoms with Gasteiger partial charge < -0.3 is 10.2 Å². The van der Waals surface area contributed by atoms with E-state index in [1.165, 1.54) is 12.8 Å². The van der Waals surface area contributed by atoms with E-state index in [2.05, 4.69) is 24.1 Å². The second-order valence-corrected chi connectivity index (χ2v) is 5.55. The normalized spacial score (nSPS) is 26.9. The molecule has 15 heavy (non-hydrogen) atoms. The molecule has 86 valence electrons. The minimum atomic E-state index is 0.0898. The molecule has 0 aromatic rings. The summed E-state index contributed by atoms with van der Waals surface area (Å²) >= 11 is 0. The van der Waals surface area contributed by atoms with E-state index in [1.54, 1.807) is 0 Å². The number of hydrogen-bond acceptors (Lipinski definition) is 2. The van der Waals surface area contributed by atoms with Crippen LogP contribution in [0.5, 0.6) is 0 Å². The predicted molar refractivity (Wildman–Crippen MR) is 60.6 cm³/mol. The van der Waals surface area contributed by atoms with Gasteiger partial charge in [0.2, 0.25) is 5.91 Å². The van der Waals surface area contributed by atoms with E-state index < -0.39 is 0 Å². The molecule has 0 spiro atoms. The Morgan fingerprint density at radius 1 is 1.33 bits per heavy atom. The van der Waals surface area contributed by atoms with Gasteiger partial charge in [-0.3, -0.25) is 4.79 Å². The zero-order chi connectivity index (χ0) is 10.9. The molecule has 1 aliphatic carbocycles. The van der Waals surface area contributed by atoms with E-state index in [1.807, 2.05) is 0 Å². The lowest BCUT2D eigenvalue weighted by atomic mass is 9.99. The van der Waals surface area contributed by atoms with Gasteiger partial charge in [-0.2, -0.15) is 0 Å². The molecule has 2 aliphatic rings. The second-order valence-electron chi connectivity index (χ2n) is 5.55. The Balaban J connectivity index is 1.94. The summed E-state index contributed by atoms with van der Waals surface area (Å²) in [4.78, 5) is 14.2. The maximum absolute atomic E-state index is 12.2. The lowest BCUT2D eigenvalue weighted by Gasteiger charge is -2.40. The quantitative estimate of drug-likeness (QED) is 0.709. The van der Waals surface area contributed by atoms with Crippen LogP contribution in [0.2, 0.25) is 0 Å². The Bertz CT molecular complexity index is 244. The maximum Gasteiger partial charge on any atom is 0.225 e. The Hall–Kier alpha value is -0.570. The Morgan fingerprint density at radius 3 is 2.60 bits per heavy atom. The van der Waals surface area contributed by atoms with E-state index in [4.69, 9.17) is 0 Å². The average Bonchev–Trinajstić information content (AvgIpc) is 2.67. The van der Waals surface area contributed by atoms with Crippen molar-refractivity contribution in [3.63, 3.8) is 0 Å². The van der Waals surface area contributed by atoms with Crippen molar-refractivity contribution in [2.75, 3.05) is 19.6 Å². The fourth-order valence-corrected chi connectivity index (χ4v) is 2.76. The molecule has 1 heterocycles. The maximum atomic E-state index is 12.2. The van der Waals surface area contributed by atoms with Crippen LogP contribution in [0.15, 0.2) is 0 Å². The van der Waals surface area contributed by atoms with E-state index in [9.17, 15) is 4.79 Å². The minimum Gasteiger partial charge on any atom is -0.339 e. The van der Waals surface area contributed by atoms with Crippen LogP contribution in [-0.4, -0.2) is 36.0 Å². The first-order chi connectivity index (χ1) is 7.08. The van der Waals surface area contributed by atoms with Crippen molar-refractivity contribution >= 4 is 5.91 Å². The molecule has 0 aromatic heterocycles. The SMILES string of the molecule is CC1(C)CN(C(=O)C2CCCC2)CCN1. The lowest BCUT2D eigenvalue weighted by Crippen LogP contribution is -2.59. The monoisotopic (exact) mass is 210 g/mol. The topological polar surface area (TPSA) is 32.3 Å². The molecule has 1 saturated carbocycles. The van der Waals surface area contributed by atoms with Gasteiger partial charge in [0.25, 0.3) is 0 Å². The zero-order valence-electron chi connectivity index (χ0n) is 9.88. The van der Waals surface area contributed by atoms with E-state index in [0.717, 1.165) is 32.5 Å². The molecule has 3 nitrogen and oxygen atoms in total. The highest BCUT2D eigenvalue weighted by Gasteiger charge is 2.33. The molecular formula is C12H22N2O. The van der Waals surface area contributed by atoms with Crippen molar-refractivity contribution in [1.29, 1.82) is 0 Å². The third-order valence-corrected chi connectivity index (χ3v) is 3.59. The first-order valence-corrected chi connectivity index (χ1v) is 6.12. The number of amides is 1. The molecule has 0 bridgehead atoms. The van der Waals surface area contributed by atoms with Crippen LogP contribution in [0.3, 0.4) is 0 Å². The van der Waals surface area contributed by atoms with Crippen molar-refractivity contribution in [3.8, 4) is 0 Å². The van der Waals surface area contributed by atoms with Gasteiger partial charge in [0.05, 0.1) is 0 Å². The molecule has 0 radical (unpaired) electrons. The van der Waals surface area contributed by atoms with Crippen LogP contribution < -0.4 is 5.32 Å². The van der Waals surface area contributed by atoms with Crippen molar-refractivity contribution in [3.05, 3.63) is 0 Å². The molecule has 3 heteroatoms. The van der Waals surface area contributed by atoms with Crippen molar-refractivity contribution in [2.45, 2.75) is 45.1 Å².